The molecule has 0 radical (unpaired) electrons. The molecule has 0 spiro atoms. The van der Waals surface area contributed by atoms with Gasteiger partial charge in [0.2, 0.25) is 5.88 Å². The quantitative estimate of drug-likeness (QED) is 0.501. The van der Waals surface area contributed by atoms with Gasteiger partial charge in [-0.15, -0.1) is 5.10 Å². The summed E-state index contributed by atoms with van der Waals surface area (Å²) >= 11 is 0. The second-order valence-corrected chi connectivity index (χ2v) is 6.60. The van der Waals surface area contributed by atoms with Crippen LogP contribution < -0.4 is 15.0 Å². The first kappa shape index (κ1) is 18.6. The van der Waals surface area contributed by atoms with E-state index < -0.39 is 0 Å². The van der Waals surface area contributed by atoms with Crippen LogP contribution >= 0.6 is 0 Å². The van der Waals surface area contributed by atoms with Crippen molar-refractivity contribution >= 4 is 0 Å². The molecule has 2 aromatic carbocycles. The Morgan fingerprint density at radius 1 is 1.07 bits per heavy atom. The van der Waals surface area contributed by atoms with Crippen molar-refractivity contribution < 1.29 is 14.0 Å². The van der Waals surface area contributed by atoms with Gasteiger partial charge in [-0.1, -0.05) is 42.5 Å². The molecule has 0 aliphatic heterocycles. The third-order valence-electron chi connectivity index (χ3n) is 4.63. The van der Waals surface area contributed by atoms with Crippen molar-refractivity contribution in [2.45, 2.75) is 13.5 Å². The average Bonchev–Trinajstić information content (AvgIpc) is 3.26. The lowest BCUT2D eigenvalue weighted by molar-refractivity contribution is 0.208. The smallest absolute Gasteiger partial charge is 0.320 e. The van der Waals surface area contributed by atoms with Crippen LogP contribution in [0.2, 0.25) is 0 Å². The van der Waals surface area contributed by atoms with Crippen LogP contribution in [0.25, 0.3) is 16.8 Å². The predicted molar refractivity (Wildman–Crippen MR) is 109 cm³/mol. The average molecular weight is 391 g/mol. The van der Waals surface area contributed by atoms with Crippen LogP contribution in [0.4, 0.5) is 0 Å². The van der Waals surface area contributed by atoms with Gasteiger partial charge in [-0.3, -0.25) is 4.79 Å². The van der Waals surface area contributed by atoms with Gasteiger partial charge in [0.1, 0.15) is 12.2 Å². The minimum atomic E-state index is -0.265. The molecule has 7 nitrogen and oxygen atoms in total. The van der Waals surface area contributed by atoms with Crippen LogP contribution in [0.1, 0.15) is 11.1 Å². The normalized spacial score (nSPS) is 10.9. The summed E-state index contributed by atoms with van der Waals surface area (Å²) in [6.07, 6.45) is 1.92. The minimum absolute atomic E-state index is 0.175. The minimum Gasteiger partial charge on any atom is -0.472 e. The summed E-state index contributed by atoms with van der Waals surface area (Å²) in [7, 11) is 3.02. The summed E-state index contributed by atoms with van der Waals surface area (Å²) < 4.78 is 19.5. The fourth-order valence-electron chi connectivity index (χ4n) is 3.16. The Balaban J connectivity index is 1.63. The number of para-hydroxylation sites is 1. The van der Waals surface area contributed by atoms with Gasteiger partial charge in [-0.25, -0.2) is 4.68 Å². The predicted octanol–water partition coefficient (Wildman–Crippen LogP) is 3.73. The maximum Gasteiger partial charge on any atom is 0.320 e. The van der Waals surface area contributed by atoms with E-state index in [2.05, 4.69) is 5.10 Å². The molecule has 0 fully saturated rings. The standard InChI is InChI=1S/C22H21N3O4/c1-15-13-25(17-10-5-4-6-11-17)23-20(15)28-14-16-9-7-8-12-18(16)19-21(26)24(2)29-22(19)27-3/h4-13H,14H2,1-3H3. The Morgan fingerprint density at radius 3 is 2.55 bits per heavy atom. The topological polar surface area (TPSA) is 71.4 Å². The lowest BCUT2D eigenvalue weighted by atomic mass is 10.0. The summed E-state index contributed by atoms with van der Waals surface area (Å²) in [5.74, 6) is 0.713. The molecule has 0 aliphatic rings. The number of aromatic nitrogens is 3. The Bertz CT molecular complexity index is 1190. The van der Waals surface area contributed by atoms with Gasteiger partial charge in [-0.2, -0.15) is 4.74 Å². The van der Waals surface area contributed by atoms with Crippen molar-refractivity contribution in [2.24, 2.45) is 7.05 Å². The number of hydrogen-bond acceptors (Lipinski definition) is 5. The van der Waals surface area contributed by atoms with Crippen LogP contribution in [0.15, 0.2) is 70.1 Å². The Morgan fingerprint density at radius 2 is 1.79 bits per heavy atom. The maximum absolute atomic E-state index is 12.5. The summed E-state index contributed by atoms with van der Waals surface area (Å²) in [6.45, 7) is 2.20. The number of nitrogens with zero attached hydrogens (tertiary/aromatic N) is 3. The molecule has 0 amide bonds. The molecule has 0 aliphatic carbocycles. The molecule has 0 atom stereocenters. The summed E-state index contributed by atoms with van der Waals surface area (Å²) in [5, 5.41) is 4.54. The zero-order chi connectivity index (χ0) is 20.4. The number of benzene rings is 2. The molecule has 29 heavy (non-hydrogen) atoms. The van der Waals surface area contributed by atoms with Crippen LogP contribution in [0.5, 0.6) is 11.8 Å². The van der Waals surface area contributed by atoms with Crippen molar-refractivity contribution in [2.75, 3.05) is 7.11 Å². The lowest BCUT2D eigenvalue weighted by Gasteiger charge is -2.09. The number of hydrogen-bond donors (Lipinski definition) is 0. The van der Waals surface area contributed by atoms with Crippen LogP contribution in [0.3, 0.4) is 0 Å². The van der Waals surface area contributed by atoms with Crippen LogP contribution in [-0.4, -0.2) is 21.6 Å². The Kier molecular flexibility index (Phi) is 4.95. The fraction of sp³-hybridized carbons (Fsp3) is 0.182. The highest BCUT2D eigenvalue weighted by molar-refractivity contribution is 5.70. The molecule has 148 valence electrons. The number of ether oxygens (including phenoxy) is 2. The molecule has 4 aromatic rings. The number of rotatable bonds is 6. The van der Waals surface area contributed by atoms with E-state index in [4.69, 9.17) is 14.0 Å². The first-order chi connectivity index (χ1) is 14.1. The zero-order valence-corrected chi connectivity index (χ0v) is 16.5. The van der Waals surface area contributed by atoms with Crippen molar-refractivity contribution in [3.8, 4) is 28.6 Å². The fourth-order valence-corrected chi connectivity index (χ4v) is 3.16. The van der Waals surface area contributed by atoms with Gasteiger partial charge in [0.05, 0.1) is 12.8 Å². The molecular weight excluding hydrogens is 370 g/mol. The van der Waals surface area contributed by atoms with E-state index in [1.165, 1.54) is 7.11 Å². The second kappa shape index (κ2) is 7.71. The molecule has 2 aromatic heterocycles. The third kappa shape index (κ3) is 3.54. The van der Waals surface area contributed by atoms with Gasteiger partial charge in [-0.05, 0) is 24.6 Å². The van der Waals surface area contributed by atoms with E-state index in [1.807, 2.05) is 67.7 Å². The number of aryl methyl sites for hydroxylation is 2. The lowest BCUT2D eigenvalue weighted by Crippen LogP contribution is -2.12. The summed E-state index contributed by atoms with van der Waals surface area (Å²) in [5.41, 5.74) is 3.52. The van der Waals surface area contributed by atoms with Gasteiger partial charge >= 0.3 is 5.95 Å². The van der Waals surface area contributed by atoms with E-state index in [-0.39, 0.29) is 18.1 Å². The molecule has 2 heterocycles. The largest absolute Gasteiger partial charge is 0.472 e. The summed E-state index contributed by atoms with van der Waals surface area (Å²) in [6, 6.07) is 17.4. The van der Waals surface area contributed by atoms with Crippen molar-refractivity contribution in [3.63, 3.8) is 0 Å². The summed E-state index contributed by atoms with van der Waals surface area (Å²) in [4.78, 5) is 12.5. The van der Waals surface area contributed by atoms with Crippen molar-refractivity contribution in [1.82, 2.24) is 14.5 Å². The first-order valence-corrected chi connectivity index (χ1v) is 9.15. The molecular formula is C22H21N3O4. The number of methoxy groups -OCH3 is 1. The SMILES string of the molecule is COc1on(C)c(=O)c1-c1ccccc1COc1nn(-c2ccccc2)cc1C. The van der Waals surface area contributed by atoms with Crippen LogP contribution in [-0.2, 0) is 13.7 Å². The maximum atomic E-state index is 12.5. The van der Waals surface area contributed by atoms with E-state index >= 15 is 0 Å². The molecule has 0 unspecified atom stereocenters. The molecule has 0 saturated carbocycles. The van der Waals surface area contributed by atoms with Crippen molar-refractivity contribution in [3.05, 3.63) is 82.3 Å². The molecule has 0 bridgehead atoms. The monoisotopic (exact) mass is 391 g/mol. The molecule has 0 N–H and O–H groups in total. The van der Waals surface area contributed by atoms with Gasteiger partial charge < -0.3 is 14.0 Å². The molecule has 7 heteroatoms. The van der Waals surface area contributed by atoms with Gasteiger partial charge in [0.15, 0.2) is 0 Å². The highest BCUT2D eigenvalue weighted by Gasteiger charge is 2.21. The highest BCUT2D eigenvalue weighted by atomic mass is 16.6. The van der Waals surface area contributed by atoms with E-state index in [1.54, 1.807) is 11.7 Å². The Hall–Kier alpha value is -3.74. The highest BCUT2D eigenvalue weighted by Crippen LogP contribution is 2.30. The third-order valence-corrected chi connectivity index (χ3v) is 4.63. The molecule has 0 saturated heterocycles. The van der Waals surface area contributed by atoms with Crippen LogP contribution in [0, 0.1) is 6.92 Å². The van der Waals surface area contributed by atoms with E-state index in [0.29, 0.717) is 17.0 Å². The Labute approximate surface area is 167 Å². The van der Waals surface area contributed by atoms with Gasteiger partial charge in [0.25, 0.3) is 5.56 Å². The zero-order valence-electron chi connectivity index (χ0n) is 16.5. The first-order valence-electron chi connectivity index (χ1n) is 9.15. The molecule has 4 rings (SSSR count). The van der Waals surface area contributed by atoms with E-state index in [0.717, 1.165) is 21.6 Å². The second-order valence-electron chi connectivity index (χ2n) is 6.60. The van der Waals surface area contributed by atoms with Crippen molar-refractivity contribution in [1.29, 1.82) is 0 Å². The van der Waals surface area contributed by atoms with Gasteiger partial charge in [0, 0.05) is 24.4 Å². The van der Waals surface area contributed by atoms with E-state index in [9.17, 15) is 4.79 Å².